The van der Waals surface area contributed by atoms with Crippen LogP contribution in [0.25, 0.3) is 0 Å². The van der Waals surface area contributed by atoms with Gasteiger partial charge in [0.1, 0.15) is 6.10 Å². The largest absolute Gasteiger partial charge is 0.391 e. The van der Waals surface area contributed by atoms with E-state index >= 15 is 0 Å². The molecular weight excluding hydrogens is 226 g/mol. The zero-order valence-corrected chi connectivity index (χ0v) is 11.2. The van der Waals surface area contributed by atoms with E-state index in [1.807, 2.05) is 18.2 Å². The number of rotatable bonds is 6. The second-order valence-corrected chi connectivity index (χ2v) is 4.75. The van der Waals surface area contributed by atoms with Crippen LogP contribution in [0.1, 0.15) is 38.7 Å². The van der Waals surface area contributed by atoms with Gasteiger partial charge in [-0.05, 0) is 31.7 Å². The van der Waals surface area contributed by atoms with Crippen LogP contribution in [0.3, 0.4) is 0 Å². The standard InChI is InChI=1S/C15H21NO2/c1-11(14-7-5-4-6-8-14)9-15(10-16)18-13(3)12(2)17/h4-8,11-13,15,17H,9H2,1-3H3. The molecular formula is C15H21NO2. The number of benzene rings is 1. The predicted molar refractivity (Wildman–Crippen MR) is 71.1 cm³/mol. The van der Waals surface area contributed by atoms with Gasteiger partial charge in [0.15, 0.2) is 0 Å². The highest BCUT2D eigenvalue weighted by atomic mass is 16.5. The van der Waals surface area contributed by atoms with Crippen molar-refractivity contribution in [1.82, 2.24) is 0 Å². The molecule has 4 unspecified atom stereocenters. The first kappa shape index (κ1) is 14.7. The third kappa shape index (κ3) is 4.48. The monoisotopic (exact) mass is 247 g/mol. The Morgan fingerprint density at radius 3 is 2.33 bits per heavy atom. The summed E-state index contributed by atoms with van der Waals surface area (Å²) >= 11 is 0. The fraction of sp³-hybridized carbons (Fsp3) is 0.533. The summed E-state index contributed by atoms with van der Waals surface area (Å²) in [5, 5.41) is 18.5. The van der Waals surface area contributed by atoms with Gasteiger partial charge in [-0.25, -0.2) is 0 Å². The number of aliphatic hydroxyl groups excluding tert-OH is 1. The molecule has 0 aliphatic heterocycles. The van der Waals surface area contributed by atoms with Crippen molar-refractivity contribution in [2.24, 2.45) is 0 Å². The highest BCUT2D eigenvalue weighted by molar-refractivity contribution is 5.19. The molecule has 98 valence electrons. The van der Waals surface area contributed by atoms with Crippen molar-refractivity contribution in [3.63, 3.8) is 0 Å². The van der Waals surface area contributed by atoms with Crippen LogP contribution in [0.4, 0.5) is 0 Å². The lowest BCUT2D eigenvalue weighted by Crippen LogP contribution is -2.28. The number of nitrogens with zero attached hydrogens (tertiary/aromatic N) is 1. The third-order valence-corrected chi connectivity index (χ3v) is 3.14. The summed E-state index contributed by atoms with van der Waals surface area (Å²) in [7, 11) is 0. The van der Waals surface area contributed by atoms with Crippen LogP contribution >= 0.6 is 0 Å². The number of hydrogen-bond acceptors (Lipinski definition) is 3. The van der Waals surface area contributed by atoms with Gasteiger partial charge in [-0.15, -0.1) is 0 Å². The first-order valence-electron chi connectivity index (χ1n) is 6.32. The minimum Gasteiger partial charge on any atom is -0.391 e. The Labute approximate surface area is 109 Å². The predicted octanol–water partition coefficient (Wildman–Crippen LogP) is 2.86. The molecule has 3 nitrogen and oxygen atoms in total. The first-order valence-corrected chi connectivity index (χ1v) is 6.32. The molecule has 0 aliphatic rings. The Hall–Kier alpha value is -1.37. The minimum absolute atomic E-state index is 0.261. The molecule has 1 aromatic rings. The number of ether oxygens (including phenoxy) is 1. The van der Waals surface area contributed by atoms with Gasteiger partial charge >= 0.3 is 0 Å². The highest BCUT2D eigenvalue weighted by Gasteiger charge is 2.19. The Bertz CT molecular complexity index is 383. The number of nitriles is 1. The second kappa shape index (κ2) is 7.15. The maximum atomic E-state index is 9.38. The van der Waals surface area contributed by atoms with Gasteiger partial charge in [-0.1, -0.05) is 37.3 Å². The van der Waals surface area contributed by atoms with Crippen molar-refractivity contribution in [2.75, 3.05) is 0 Å². The molecule has 1 rings (SSSR count). The lowest BCUT2D eigenvalue weighted by molar-refractivity contribution is -0.0451. The van der Waals surface area contributed by atoms with Crippen LogP contribution in [0.15, 0.2) is 30.3 Å². The summed E-state index contributed by atoms with van der Waals surface area (Å²) in [5.74, 6) is 0.261. The molecule has 1 N–H and O–H groups in total. The van der Waals surface area contributed by atoms with E-state index in [0.29, 0.717) is 6.42 Å². The highest BCUT2D eigenvalue weighted by Crippen LogP contribution is 2.22. The molecule has 0 bridgehead atoms. The topological polar surface area (TPSA) is 53.2 Å². The quantitative estimate of drug-likeness (QED) is 0.841. The SMILES string of the molecule is CC(CC(C#N)OC(C)C(C)O)c1ccccc1. The van der Waals surface area contributed by atoms with E-state index in [1.165, 1.54) is 5.56 Å². The van der Waals surface area contributed by atoms with Gasteiger partial charge < -0.3 is 9.84 Å². The van der Waals surface area contributed by atoms with E-state index in [1.54, 1.807) is 13.8 Å². The Balaban J connectivity index is 2.56. The van der Waals surface area contributed by atoms with Gasteiger partial charge in [0.2, 0.25) is 0 Å². The summed E-state index contributed by atoms with van der Waals surface area (Å²) in [4.78, 5) is 0. The van der Waals surface area contributed by atoms with Crippen molar-refractivity contribution in [2.45, 2.75) is 51.4 Å². The summed E-state index contributed by atoms with van der Waals surface area (Å²) in [5.41, 5.74) is 1.20. The Morgan fingerprint density at radius 2 is 1.83 bits per heavy atom. The van der Waals surface area contributed by atoms with Gasteiger partial charge in [0, 0.05) is 0 Å². The van der Waals surface area contributed by atoms with Crippen LogP contribution in [-0.2, 0) is 4.74 Å². The van der Waals surface area contributed by atoms with Crippen LogP contribution in [-0.4, -0.2) is 23.4 Å². The Morgan fingerprint density at radius 1 is 1.22 bits per heavy atom. The molecule has 18 heavy (non-hydrogen) atoms. The molecule has 0 radical (unpaired) electrons. The average Bonchev–Trinajstić information content (AvgIpc) is 2.38. The molecule has 0 saturated heterocycles. The summed E-state index contributed by atoms with van der Waals surface area (Å²) in [6.07, 6.45) is -0.729. The van der Waals surface area contributed by atoms with Crippen molar-refractivity contribution < 1.29 is 9.84 Å². The molecule has 4 atom stereocenters. The smallest absolute Gasteiger partial charge is 0.145 e. The van der Waals surface area contributed by atoms with E-state index in [9.17, 15) is 5.11 Å². The van der Waals surface area contributed by atoms with E-state index in [4.69, 9.17) is 10.00 Å². The lowest BCUT2D eigenvalue weighted by atomic mass is 9.95. The number of hydrogen-bond donors (Lipinski definition) is 1. The first-order chi connectivity index (χ1) is 8.54. The van der Waals surface area contributed by atoms with E-state index in [0.717, 1.165) is 0 Å². The summed E-state index contributed by atoms with van der Waals surface area (Å²) in [6, 6.07) is 12.2. The molecule has 0 spiro atoms. The molecule has 1 aromatic carbocycles. The maximum Gasteiger partial charge on any atom is 0.145 e. The molecule has 0 aliphatic carbocycles. The zero-order valence-electron chi connectivity index (χ0n) is 11.2. The minimum atomic E-state index is -0.562. The van der Waals surface area contributed by atoms with Gasteiger partial charge in [0.05, 0.1) is 18.3 Å². The zero-order chi connectivity index (χ0) is 13.5. The number of aliphatic hydroxyl groups is 1. The van der Waals surface area contributed by atoms with Crippen molar-refractivity contribution in [3.8, 4) is 6.07 Å². The molecule has 0 heterocycles. The molecule has 3 heteroatoms. The fourth-order valence-corrected chi connectivity index (χ4v) is 1.75. The van der Waals surface area contributed by atoms with Gasteiger partial charge in [-0.2, -0.15) is 5.26 Å². The normalized spacial score (nSPS) is 17.5. The molecule has 0 amide bonds. The van der Waals surface area contributed by atoms with Crippen molar-refractivity contribution in [1.29, 1.82) is 5.26 Å². The lowest BCUT2D eigenvalue weighted by Gasteiger charge is -2.22. The van der Waals surface area contributed by atoms with Gasteiger partial charge in [0.25, 0.3) is 0 Å². The van der Waals surface area contributed by atoms with Crippen LogP contribution in [0.5, 0.6) is 0 Å². The Kier molecular flexibility index (Phi) is 5.84. The van der Waals surface area contributed by atoms with Crippen LogP contribution in [0.2, 0.25) is 0 Å². The van der Waals surface area contributed by atoms with E-state index in [-0.39, 0.29) is 12.0 Å². The summed E-state index contributed by atoms with van der Waals surface area (Å²) in [6.45, 7) is 5.53. The van der Waals surface area contributed by atoms with E-state index < -0.39 is 12.2 Å². The van der Waals surface area contributed by atoms with E-state index in [2.05, 4.69) is 25.1 Å². The molecule has 0 saturated carbocycles. The summed E-state index contributed by atoms with van der Waals surface area (Å²) < 4.78 is 5.54. The second-order valence-electron chi connectivity index (χ2n) is 4.75. The maximum absolute atomic E-state index is 9.38. The third-order valence-electron chi connectivity index (χ3n) is 3.14. The van der Waals surface area contributed by atoms with Gasteiger partial charge in [-0.3, -0.25) is 0 Å². The average molecular weight is 247 g/mol. The van der Waals surface area contributed by atoms with Crippen molar-refractivity contribution in [3.05, 3.63) is 35.9 Å². The molecule has 0 aromatic heterocycles. The van der Waals surface area contributed by atoms with Crippen molar-refractivity contribution >= 4 is 0 Å². The fourth-order valence-electron chi connectivity index (χ4n) is 1.75. The van der Waals surface area contributed by atoms with Crippen LogP contribution in [0, 0.1) is 11.3 Å². The van der Waals surface area contributed by atoms with Crippen LogP contribution < -0.4 is 0 Å². The molecule has 0 fully saturated rings.